The van der Waals surface area contributed by atoms with Crippen molar-refractivity contribution >= 4 is 32.6 Å². The number of fused-ring (bicyclic) bond motifs is 1. The highest BCUT2D eigenvalue weighted by Gasteiger charge is 2.23. The molecule has 0 bridgehead atoms. The van der Waals surface area contributed by atoms with Gasteiger partial charge in [-0.15, -0.1) is 0 Å². The first-order chi connectivity index (χ1) is 15.6. The highest BCUT2D eigenvalue weighted by molar-refractivity contribution is 7.92. The van der Waals surface area contributed by atoms with Gasteiger partial charge in [-0.25, -0.2) is 8.42 Å². The van der Waals surface area contributed by atoms with Gasteiger partial charge in [-0.3, -0.25) is 9.10 Å². The van der Waals surface area contributed by atoms with E-state index in [4.69, 9.17) is 9.15 Å². The Morgan fingerprint density at radius 3 is 2.33 bits per heavy atom. The van der Waals surface area contributed by atoms with Crippen molar-refractivity contribution in [1.82, 2.24) is 0 Å². The maximum absolute atomic E-state index is 13.1. The summed E-state index contributed by atoms with van der Waals surface area (Å²) in [5.74, 6) is -0.0904. The smallest absolute Gasteiger partial charge is 0.315 e. The van der Waals surface area contributed by atoms with E-state index in [2.05, 4.69) is 0 Å². The molecule has 0 unspecified atom stereocenters. The third-order valence-electron chi connectivity index (χ3n) is 5.56. The third kappa shape index (κ3) is 4.64. The summed E-state index contributed by atoms with van der Waals surface area (Å²) in [6.45, 7) is 5.60. The predicted molar refractivity (Wildman–Crippen MR) is 128 cm³/mol. The van der Waals surface area contributed by atoms with E-state index in [1.54, 1.807) is 49.6 Å². The van der Waals surface area contributed by atoms with Crippen LogP contribution in [0.3, 0.4) is 0 Å². The molecule has 0 saturated heterocycles. The number of sulfonamides is 1. The zero-order valence-electron chi connectivity index (χ0n) is 19.0. The average Bonchev–Trinajstić information content (AvgIpc) is 3.16. The van der Waals surface area contributed by atoms with Crippen molar-refractivity contribution in [2.75, 3.05) is 11.4 Å². The molecule has 0 saturated carbocycles. The topological polar surface area (TPSA) is 76.8 Å². The Morgan fingerprint density at radius 1 is 0.939 bits per heavy atom. The first-order valence-electron chi connectivity index (χ1n) is 10.5. The molecule has 0 aliphatic carbocycles. The molecule has 0 aliphatic rings. The van der Waals surface area contributed by atoms with Crippen LogP contribution in [0.2, 0.25) is 0 Å². The van der Waals surface area contributed by atoms with E-state index in [0.717, 1.165) is 27.7 Å². The predicted octanol–water partition coefficient (Wildman–Crippen LogP) is 5.33. The number of carbonyl (C=O) groups is 1. The number of benzene rings is 3. The molecular formula is C26H25NO5S. The van der Waals surface area contributed by atoms with Gasteiger partial charge < -0.3 is 9.15 Å². The maximum atomic E-state index is 13.1. The molecule has 170 valence electrons. The minimum absolute atomic E-state index is 0.0682. The zero-order chi connectivity index (χ0) is 23.8. The minimum atomic E-state index is -3.72. The summed E-state index contributed by atoms with van der Waals surface area (Å²) in [6, 6.07) is 17.5. The number of hydrogen-bond acceptors (Lipinski definition) is 5. The number of aryl methyl sites for hydroxylation is 3. The largest absolute Gasteiger partial charge is 0.464 e. The summed E-state index contributed by atoms with van der Waals surface area (Å²) < 4.78 is 38.4. The van der Waals surface area contributed by atoms with E-state index in [1.807, 2.05) is 38.1 Å². The molecule has 0 N–H and O–H groups in total. The van der Waals surface area contributed by atoms with Gasteiger partial charge in [0, 0.05) is 18.0 Å². The number of rotatable bonds is 6. The molecular weight excluding hydrogens is 438 g/mol. The van der Waals surface area contributed by atoms with Crippen LogP contribution < -0.4 is 9.04 Å². The number of furan rings is 1. The number of hydrogen-bond donors (Lipinski definition) is 0. The van der Waals surface area contributed by atoms with Crippen molar-refractivity contribution in [2.45, 2.75) is 32.1 Å². The molecule has 3 aromatic carbocycles. The van der Waals surface area contributed by atoms with Gasteiger partial charge in [-0.2, -0.15) is 0 Å². The average molecular weight is 464 g/mol. The van der Waals surface area contributed by atoms with Crippen LogP contribution in [-0.4, -0.2) is 21.4 Å². The van der Waals surface area contributed by atoms with E-state index in [0.29, 0.717) is 17.0 Å². The molecule has 1 aromatic heterocycles. The fourth-order valence-electron chi connectivity index (χ4n) is 3.65. The third-order valence-corrected chi connectivity index (χ3v) is 7.49. The number of anilines is 1. The second-order valence-corrected chi connectivity index (χ2v) is 10.1. The van der Waals surface area contributed by atoms with Crippen LogP contribution in [0.1, 0.15) is 22.3 Å². The summed E-state index contributed by atoms with van der Waals surface area (Å²) in [5.41, 5.74) is 4.58. The first-order valence-corrected chi connectivity index (χ1v) is 11.9. The van der Waals surface area contributed by atoms with E-state index in [9.17, 15) is 13.2 Å². The zero-order valence-corrected chi connectivity index (χ0v) is 19.8. The van der Waals surface area contributed by atoms with Gasteiger partial charge >= 0.3 is 5.97 Å². The Labute approximate surface area is 193 Å². The Balaban J connectivity index is 1.47. The molecule has 6 nitrogen and oxygen atoms in total. The molecule has 33 heavy (non-hydrogen) atoms. The van der Waals surface area contributed by atoms with Crippen molar-refractivity contribution in [1.29, 1.82) is 0 Å². The van der Waals surface area contributed by atoms with Crippen LogP contribution in [0, 0.1) is 20.8 Å². The van der Waals surface area contributed by atoms with Crippen LogP contribution in [0.5, 0.6) is 5.75 Å². The fourth-order valence-corrected chi connectivity index (χ4v) is 5.15. The summed E-state index contributed by atoms with van der Waals surface area (Å²) >= 11 is 0. The second kappa shape index (κ2) is 8.75. The molecule has 0 spiro atoms. The van der Waals surface area contributed by atoms with Gasteiger partial charge in [0.1, 0.15) is 11.3 Å². The van der Waals surface area contributed by atoms with Crippen LogP contribution in [0.4, 0.5) is 5.69 Å². The van der Waals surface area contributed by atoms with Crippen molar-refractivity contribution in [3.63, 3.8) is 0 Å². The minimum Gasteiger partial charge on any atom is -0.464 e. The van der Waals surface area contributed by atoms with E-state index in [1.165, 1.54) is 11.4 Å². The van der Waals surface area contributed by atoms with Crippen LogP contribution in [0.25, 0.3) is 11.0 Å². The van der Waals surface area contributed by atoms with E-state index in [-0.39, 0.29) is 11.3 Å². The maximum Gasteiger partial charge on any atom is 0.315 e. The number of esters is 1. The Kier molecular flexibility index (Phi) is 5.99. The number of ether oxygens (including phenoxy) is 1. The van der Waals surface area contributed by atoms with E-state index < -0.39 is 16.0 Å². The van der Waals surface area contributed by atoms with Gasteiger partial charge in [-0.1, -0.05) is 24.3 Å². The summed E-state index contributed by atoms with van der Waals surface area (Å²) in [7, 11) is -2.22. The molecule has 4 rings (SSSR count). The summed E-state index contributed by atoms with van der Waals surface area (Å²) in [5, 5.41) is 0.881. The van der Waals surface area contributed by atoms with Crippen molar-refractivity contribution in [3.8, 4) is 5.75 Å². The highest BCUT2D eigenvalue weighted by atomic mass is 32.2. The summed E-state index contributed by atoms with van der Waals surface area (Å²) in [4.78, 5) is 12.7. The van der Waals surface area contributed by atoms with Crippen molar-refractivity contribution in [3.05, 3.63) is 89.2 Å². The molecule has 0 radical (unpaired) electrons. The van der Waals surface area contributed by atoms with Crippen LogP contribution in [-0.2, 0) is 21.2 Å². The summed E-state index contributed by atoms with van der Waals surface area (Å²) in [6.07, 6.45) is 1.64. The Bertz CT molecular complexity index is 1440. The highest BCUT2D eigenvalue weighted by Crippen LogP contribution is 2.27. The first kappa shape index (κ1) is 22.6. The number of nitrogens with zero attached hydrogens (tertiary/aromatic N) is 1. The van der Waals surface area contributed by atoms with Gasteiger partial charge in [0.2, 0.25) is 0 Å². The van der Waals surface area contributed by atoms with Gasteiger partial charge in [0.05, 0.1) is 23.3 Å². The fraction of sp³-hybridized carbons (Fsp3) is 0.192. The van der Waals surface area contributed by atoms with Crippen LogP contribution >= 0.6 is 0 Å². The lowest BCUT2D eigenvalue weighted by Gasteiger charge is -2.21. The monoisotopic (exact) mass is 463 g/mol. The van der Waals surface area contributed by atoms with Gasteiger partial charge in [0.15, 0.2) is 0 Å². The van der Waals surface area contributed by atoms with Gasteiger partial charge in [-0.05, 0) is 73.9 Å². The Morgan fingerprint density at radius 2 is 1.61 bits per heavy atom. The van der Waals surface area contributed by atoms with Crippen molar-refractivity contribution in [2.24, 2.45) is 0 Å². The standard InChI is InChI=1S/C26H25NO5S/c1-17-6-12-23-20(16-31-24(23)13-17)15-26(28)32-22-10-8-21(9-11-22)27(4)33(29,30)25-14-18(2)5-7-19(25)3/h5-14,16H,15H2,1-4H3. The molecule has 4 aromatic rings. The Hall–Kier alpha value is -3.58. The lowest BCUT2D eigenvalue weighted by atomic mass is 10.1. The SMILES string of the molecule is Cc1ccc(C)c(S(=O)(=O)N(C)c2ccc(OC(=O)Cc3coc4cc(C)ccc34)cc2)c1. The second-order valence-electron chi connectivity index (χ2n) is 8.15. The number of carbonyl (C=O) groups excluding carboxylic acids is 1. The van der Waals surface area contributed by atoms with E-state index >= 15 is 0 Å². The molecule has 0 atom stereocenters. The van der Waals surface area contributed by atoms with Gasteiger partial charge in [0.25, 0.3) is 10.0 Å². The molecule has 7 heteroatoms. The van der Waals surface area contributed by atoms with Crippen molar-refractivity contribution < 1.29 is 22.4 Å². The molecule has 0 fully saturated rings. The van der Waals surface area contributed by atoms with Crippen LogP contribution in [0.15, 0.2) is 76.2 Å². The lowest BCUT2D eigenvalue weighted by molar-refractivity contribution is -0.133. The lowest BCUT2D eigenvalue weighted by Crippen LogP contribution is -2.27. The molecule has 0 aliphatic heterocycles. The molecule has 0 amide bonds. The normalized spacial score (nSPS) is 11.5. The molecule has 1 heterocycles. The quantitative estimate of drug-likeness (QED) is 0.285.